The highest BCUT2D eigenvalue weighted by Crippen LogP contribution is 2.24. The summed E-state index contributed by atoms with van der Waals surface area (Å²) in [6.07, 6.45) is 4.79. The topological polar surface area (TPSA) is 56.6 Å². The number of alkyl halides is 2. The van der Waals surface area contributed by atoms with Gasteiger partial charge in [-0.15, -0.1) is 0 Å². The molecule has 0 saturated carbocycles. The van der Waals surface area contributed by atoms with Crippen LogP contribution >= 0.6 is 0 Å². The van der Waals surface area contributed by atoms with Gasteiger partial charge in [0.15, 0.2) is 5.82 Å². The summed E-state index contributed by atoms with van der Waals surface area (Å²) in [6, 6.07) is -1.32. The van der Waals surface area contributed by atoms with Gasteiger partial charge in [-0.2, -0.15) is 0 Å². The van der Waals surface area contributed by atoms with E-state index in [1.54, 1.807) is 16.8 Å². The summed E-state index contributed by atoms with van der Waals surface area (Å²) < 4.78 is 37.5. The minimum atomic E-state index is -2.70. The predicted molar refractivity (Wildman–Crippen MR) is 65.8 cm³/mol. The fourth-order valence-electron chi connectivity index (χ4n) is 2.08. The van der Waals surface area contributed by atoms with Crippen molar-refractivity contribution in [3.05, 3.63) is 24.5 Å². The Hall–Kier alpha value is -2.22. The minimum absolute atomic E-state index is 0.176. The molecule has 8 heteroatoms. The van der Waals surface area contributed by atoms with E-state index in [4.69, 9.17) is 9.47 Å². The minimum Gasteiger partial charge on any atom is -0.471 e. The van der Waals surface area contributed by atoms with Gasteiger partial charge in [-0.05, 0) is 0 Å². The summed E-state index contributed by atoms with van der Waals surface area (Å²) in [5.41, 5.74) is 0. The van der Waals surface area contributed by atoms with Gasteiger partial charge in [0.05, 0.1) is 19.1 Å². The molecule has 0 bridgehead atoms. The smallest absolute Gasteiger partial charge is 0.261 e. The molecule has 0 radical (unpaired) electrons. The Bertz CT molecular complexity index is 553. The first-order chi connectivity index (χ1) is 9.66. The maximum absolute atomic E-state index is 13.0. The van der Waals surface area contributed by atoms with E-state index in [9.17, 15) is 13.6 Å². The lowest BCUT2D eigenvalue weighted by Crippen LogP contribution is -2.53. The second-order valence-electron chi connectivity index (χ2n) is 4.27. The van der Waals surface area contributed by atoms with Crippen LogP contribution in [-0.2, 0) is 14.3 Å². The third-order valence-corrected chi connectivity index (χ3v) is 3.00. The molecule has 1 atom stereocenters. The number of ether oxygens (including phenoxy) is 2. The Morgan fingerprint density at radius 3 is 3.05 bits per heavy atom. The van der Waals surface area contributed by atoms with Crippen molar-refractivity contribution in [1.82, 2.24) is 9.55 Å². The average Bonchev–Trinajstić information content (AvgIpc) is 2.69. The SMILES string of the molecule is O=C1COCC(C(F)F)N1c1cn2c(n1)C=COC=C2. The molecule has 3 heterocycles. The van der Waals surface area contributed by atoms with Gasteiger partial charge >= 0.3 is 0 Å². The maximum atomic E-state index is 13.0. The molecule has 0 spiro atoms. The van der Waals surface area contributed by atoms with E-state index in [-0.39, 0.29) is 19.0 Å². The van der Waals surface area contributed by atoms with Crippen molar-refractivity contribution in [3.8, 4) is 0 Å². The van der Waals surface area contributed by atoms with E-state index in [1.807, 2.05) is 0 Å². The largest absolute Gasteiger partial charge is 0.471 e. The Balaban J connectivity index is 1.98. The molecule has 1 unspecified atom stereocenters. The number of rotatable bonds is 2. The Kier molecular flexibility index (Phi) is 3.23. The van der Waals surface area contributed by atoms with Crippen LogP contribution < -0.4 is 4.90 Å². The molecule has 20 heavy (non-hydrogen) atoms. The van der Waals surface area contributed by atoms with E-state index in [1.165, 1.54) is 18.7 Å². The van der Waals surface area contributed by atoms with Crippen LogP contribution in [0.1, 0.15) is 5.82 Å². The summed E-state index contributed by atoms with van der Waals surface area (Å²) in [7, 11) is 0. The number of carbonyl (C=O) groups is 1. The quantitative estimate of drug-likeness (QED) is 0.821. The fraction of sp³-hybridized carbons (Fsp3) is 0.333. The molecule has 1 fully saturated rings. The Labute approximate surface area is 112 Å². The zero-order valence-electron chi connectivity index (χ0n) is 10.3. The highest BCUT2D eigenvalue weighted by Gasteiger charge is 2.37. The second kappa shape index (κ2) is 5.04. The highest BCUT2D eigenvalue weighted by molar-refractivity contribution is 5.94. The van der Waals surface area contributed by atoms with Crippen LogP contribution in [-0.4, -0.2) is 41.1 Å². The van der Waals surface area contributed by atoms with Crippen molar-refractivity contribution in [3.63, 3.8) is 0 Å². The monoisotopic (exact) mass is 283 g/mol. The summed E-state index contributed by atoms with van der Waals surface area (Å²) in [6.45, 7) is -0.430. The lowest BCUT2D eigenvalue weighted by Gasteiger charge is -2.33. The first-order valence-corrected chi connectivity index (χ1v) is 5.92. The number of imidazole rings is 1. The second-order valence-corrected chi connectivity index (χ2v) is 4.27. The number of amides is 1. The van der Waals surface area contributed by atoms with Gasteiger partial charge in [0.1, 0.15) is 24.7 Å². The maximum Gasteiger partial charge on any atom is 0.261 e. The van der Waals surface area contributed by atoms with Gasteiger partial charge in [-0.3, -0.25) is 9.69 Å². The van der Waals surface area contributed by atoms with Crippen LogP contribution in [0, 0.1) is 0 Å². The molecule has 106 valence electrons. The van der Waals surface area contributed by atoms with Crippen molar-refractivity contribution >= 4 is 24.0 Å². The summed E-state index contributed by atoms with van der Waals surface area (Å²) in [5.74, 6) is 0.134. The van der Waals surface area contributed by atoms with E-state index >= 15 is 0 Å². The lowest BCUT2D eigenvalue weighted by atomic mass is 10.2. The molecule has 1 amide bonds. The predicted octanol–water partition coefficient (Wildman–Crippen LogP) is 1.31. The molecule has 1 saturated heterocycles. The van der Waals surface area contributed by atoms with Crippen LogP contribution in [0.15, 0.2) is 18.7 Å². The van der Waals surface area contributed by atoms with E-state index < -0.39 is 18.4 Å². The highest BCUT2D eigenvalue weighted by atomic mass is 19.3. The molecule has 1 aromatic heterocycles. The molecular formula is C12H11F2N3O3. The molecule has 2 aliphatic heterocycles. The first-order valence-electron chi connectivity index (χ1n) is 5.92. The van der Waals surface area contributed by atoms with Crippen molar-refractivity contribution in [2.45, 2.75) is 12.5 Å². The van der Waals surface area contributed by atoms with Gasteiger partial charge in [0, 0.05) is 12.3 Å². The molecule has 0 aromatic carbocycles. The lowest BCUT2D eigenvalue weighted by molar-refractivity contribution is -0.130. The third kappa shape index (κ3) is 2.18. The van der Waals surface area contributed by atoms with Crippen molar-refractivity contribution in [1.29, 1.82) is 0 Å². The van der Waals surface area contributed by atoms with Gasteiger partial charge in [0.2, 0.25) is 0 Å². The van der Waals surface area contributed by atoms with Gasteiger partial charge in [-0.1, -0.05) is 0 Å². The molecular weight excluding hydrogens is 272 g/mol. The summed E-state index contributed by atoms with van der Waals surface area (Å²) in [5, 5.41) is 0. The molecule has 0 aliphatic carbocycles. The van der Waals surface area contributed by atoms with Gasteiger partial charge in [-0.25, -0.2) is 13.8 Å². The van der Waals surface area contributed by atoms with Crippen molar-refractivity contribution in [2.24, 2.45) is 0 Å². The number of morpholine rings is 1. The average molecular weight is 283 g/mol. The van der Waals surface area contributed by atoms with E-state index in [2.05, 4.69) is 4.98 Å². The van der Waals surface area contributed by atoms with Gasteiger partial charge < -0.3 is 14.0 Å². The van der Waals surface area contributed by atoms with Crippen LogP contribution in [0.3, 0.4) is 0 Å². The molecule has 0 N–H and O–H groups in total. The molecule has 2 aliphatic rings. The summed E-state index contributed by atoms with van der Waals surface area (Å²) >= 11 is 0. The van der Waals surface area contributed by atoms with E-state index in [0.29, 0.717) is 5.82 Å². The number of hydrogen-bond acceptors (Lipinski definition) is 4. The molecule has 6 nitrogen and oxygen atoms in total. The van der Waals surface area contributed by atoms with Crippen LogP contribution in [0.4, 0.5) is 14.6 Å². The fourth-order valence-corrected chi connectivity index (χ4v) is 2.08. The molecule has 3 rings (SSSR count). The number of aromatic nitrogens is 2. The van der Waals surface area contributed by atoms with Crippen LogP contribution in [0.5, 0.6) is 0 Å². The number of nitrogens with zero attached hydrogens (tertiary/aromatic N) is 3. The standard InChI is InChI=1S/C12H11F2N3O3/c13-12(14)8-6-20-7-11(18)17(8)10-5-16-2-4-19-3-1-9(16)15-10/h1-5,8,12H,6-7H2. The Morgan fingerprint density at radius 2 is 2.25 bits per heavy atom. The number of hydrogen-bond donors (Lipinski definition) is 0. The zero-order chi connectivity index (χ0) is 14.1. The molecule has 1 aromatic rings. The summed E-state index contributed by atoms with van der Waals surface area (Å²) in [4.78, 5) is 17.0. The van der Waals surface area contributed by atoms with E-state index in [0.717, 1.165) is 4.90 Å². The third-order valence-electron chi connectivity index (χ3n) is 3.00. The van der Waals surface area contributed by atoms with Crippen molar-refractivity contribution in [2.75, 3.05) is 18.1 Å². The number of fused-ring (bicyclic) bond motifs is 1. The number of halogens is 2. The zero-order valence-corrected chi connectivity index (χ0v) is 10.3. The number of anilines is 1. The van der Waals surface area contributed by atoms with Gasteiger partial charge in [0.25, 0.3) is 12.3 Å². The van der Waals surface area contributed by atoms with Crippen LogP contribution in [0.25, 0.3) is 12.3 Å². The van der Waals surface area contributed by atoms with Crippen molar-refractivity contribution < 1.29 is 23.0 Å². The van der Waals surface area contributed by atoms with Crippen LogP contribution in [0.2, 0.25) is 0 Å². The first kappa shape index (κ1) is 12.8. The normalized spacial score (nSPS) is 21.9. The number of carbonyl (C=O) groups excluding carboxylic acids is 1. The Morgan fingerprint density at radius 1 is 1.40 bits per heavy atom.